The standard InChI is InChI=1S/C63H40N4/c1-2-13-43(14-3-1)60-65-61(44-29-27-41(28-30-44)42-33-35-64-36-34-42)67-62(66-60)51-20-12-19-49(39-51)47-17-10-15-45(37-47)46-16-11-18-48(38-46)50-31-32-59-55(40-50)54-23-6-9-26-58(54)63(59)56-24-7-4-21-52(56)53-22-5-8-25-57(53)63/h1-40H. The first-order chi connectivity index (χ1) is 33.2. The van der Waals surface area contributed by atoms with E-state index in [0.717, 1.165) is 50.1 Å². The van der Waals surface area contributed by atoms with Gasteiger partial charge < -0.3 is 0 Å². The molecule has 2 aromatic heterocycles. The van der Waals surface area contributed by atoms with Gasteiger partial charge >= 0.3 is 0 Å². The Hall–Kier alpha value is -8.86. The third kappa shape index (κ3) is 6.37. The molecule has 4 nitrogen and oxygen atoms in total. The van der Waals surface area contributed by atoms with E-state index in [1.165, 1.54) is 55.6 Å². The van der Waals surface area contributed by atoms with Gasteiger partial charge in [0.05, 0.1) is 5.41 Å². The van der Waals surface area contributed by atoms with Crippen molar-refractivity contribution in [3.05, 3.63) is 265 Å². The van der Waals surface area contributed by atoms with E-state index in [4.69, 9.17) is 15.0 Å². The van der Waals surface area contributed by atoms with Crippen LogP contribution in [0.15, 0.2) is 243 Å². The molecule has 0 bridgehead atoms. The number of benzene rings is 9. The van der Waals surface area contributed by atoms with E-state index < -0.39 is 0 Å². The highest BCUT2D eigenvalue weighted by atomic mass is 15.0. The highest BCUT2D eigenvalue weighted by Crippen LogP contribution is 2.63. The van der Waals surface area contributed by atoms with E-state index in [0.29, 0.717) is 17.5 Å². The largest absolute Gasteiger partial charge is 0.265 e. The SMILES string of the molecule is c1ccc(-c2nc(-c3ccc(-c4ccncc4)cc3)nc(-c3cccc(-c4cccc(-c5cccc(-c6ccc7c(c6)-c6ccccc6C76c7ccccc7-c7ccccc76)c5)c4)c3)n2)cc1. The molecule has 0 radical (unpaired) electrons. The molecule has 9 aromatic carbocycles. The topological polar surface area (TPSA) is 51.6 Å². The molecule has 13 rings (SSSR count). The molecular formula is C63H40N4. The van der Waals surface area contributed by atoms with Crippen molar-refractivity contribution >= 4 is 0 Å². The lowest BCUT2D eigenvalue weighted by atomic mass is 9.70. The summed E-state index contributed by atoms with van der Waals surface area (Å²) in [5.41, 5.74) is 22.2. The van der Waals surface area contributed by atoms with Crippen LogP contribution in [0.25, 0.3) is 101 Å². The van der Waals surface area contributed by atoms with Crippen LogP contribution in [0.4, 0.5) is 0 Å². The minimum Gasteiger partial charge on any atom is -0.265 e. The van der Waals surface area contributed by atoms with Crippen LogP contribution in [0.3, 0.4) is 0 Å². The highest BCUT2D eigenvalue weighted by molar-refractivity contribution is 5.96. The van der Waals surface area contributed by atoms with Crippen LogP contribution in [-0.4, -0.2) is 19.9 Å². The molecule has 0 atom stereocenters. The van der Waals surface area contributed by atoms with Crippen molar-refractivity contribution in [2.75, 3.05) is 0 Å². The van der Waals surface area contributed by atoms with Crippen molar-refractivity contribution in [3.8, 4) is 101 Å². The Morgan fingerprint density at radius 3 is 1.10 bits per heavy atom. The van der Waals surface area contributed by atoms with Gasteiger partial charge in [-0.2, -0.15) is 0 Å². The molecule has 0 N–H and O–H groups in total. The van der Waals surface area contributed by atoms with Crippen molar-refractivity contribution in [3.63, 3.8) is 0 Å². The Bertz CT molecular complexity index is 3640. The van der Waals surface area contributed by atoms with Gasteiger partial charge in [-0.05, 0) is 125 Å². The van der Waals surface area contributed by atoms with Gasteiger partial charge in [-0.15, -0.1) is 0 Å². The van der Waals surface area contributed by atoms with Crippen LogP contribution in [0.2, 0.25) is 0 Å². The van der Waals surface area contributed by atoms with Gasteiger partial charge in [0, 0.05) is 29.1 Å². The van der Waals surface area contributed by atoms with Gasteiger partial charge in [0.25, 0.3) is 0 Å². The lowest BCUT2D eigenvalue weighted by Gasteiger charge is -2.30. The predicted molar refractivity (Wildman–Crippen MR) is 272 cm³/mol. The smallest absolute Gasteiger partial charge is 0.164 e. The normalized spacial score (nSPS) is 12.6. The first-order valence-corrected chi connectivity index (χ1v) is 22.8. The van der Waals surface area contributed by atoms with Crippen LogP contribution in [0.5, 0.6) is 0 Å². The molecule has 0 aliphatic heterocycles. The van der Waals surface area contributed by atoms with Crippen molar-refractivity contribution in [2.45, 2.75) is 5.41 Å². The van der Waals surface area contributed by atoms with Crippen molar-refractivity contribution in [2.24, 2.45) is 0 Å². The number of pyridine rings is 1. The van der Waals surface area contributed by atoms with E-state index in [1.807, 2.05) is 54.9 Å². The monoisotopic (exact) mass is 852 g/mol. The molecule has 0 saturated carbocycles. The quantitative estimate of drug-likeness (QED) is 0.160. The second-order valence-electron chi connectivity index (χ2n) is 17.4. The summed E-state index contributed by atoms with van der Waals surface area (Å²) in [6.45, 7) is 0. The second-order valence-corrected chi connectivity index (χ2v) is 17.4. The fourth-order valence-electron chi connectivity index (χ4n) is 10.6. The molecule has 67 heavy (non-hydrogen) atoms. The van der Waals surface area contributed by atoms with Gasteiger partial charge in [0.2, 0.25) is 0 Å². The van der Waals surface area contributed by atoms with E-state index in [9.17, 15) is 0 Å². The van der Waals surface area contributed by atoms with Crippen LogP contribution in [0, 0.1) is 0 Å². The molecular weight excluding hydrogens is 813 g/mol. The van der Waals surface area contributed by atoms with Gasteiger partial charge in [-0.25, -0.2) is 15.0 Å². The van der Waals surface area contributed by atoms with Crippen LogP contribution in [-0.2, 0) is 5.41 Å². The van der Waals surface area contributed by atoms with E-state index >= 15 is 0 Å². The van der Waals surface area contributed by atoms with Crippen molar-refractivity contribution in [1.29, 1.82) is 0 Å². The van der Waals surface area contributed by atoms with Crippen LogP contribution >= 0.6 is 0 Å². The molecule has 11 aromatic rings. The fraction of sp³-hybridized carbons (Fsp3) is 0.0159. The third-order valence-electron chi connectivity index (χ3n) is 13.7. The minimum absolute atomic E-state index is 0.347. The van der Waals surface area contributed by atoms with Gasteiger partial charge in [-0.3, -0.25) is 4.98 Å². The fourth-order valence-corrected chi connectivity index (χ4v) is 10.6. The first-order valence-electron chi connectivity index (χ1n) is 22.8. The van der Waals surface area contributed by atoms with Gasteiger partial charge in [0.1, 0.15) is 0 Å². The average Bonchev–Trinajstić information content (AvgIpc) is 3.88. The van der Waals surface area contributed by atoms with E-state index in [1.54, 1.807) is 0 Å². The number of rotatable bonds is 7. The Kier molecular flexibility index (Phi) is 9.04. The van der Waals surface area contributed by atoms with Gasteiger partial charge in [0.15, 0.2) is 17.5 Å². The van der Waals surface area contributed by atoms with Crippen molar-refractivity contribution < 1.29 is 0 Å². The van der Waals surface area contributed by atoms with E-state index in [2.05, 4.69) is 193 Å². The minimum atomic E-state index is -0.347. The summed E-state index contributed by atoms with van der Waals surface area (Å²) in [5, 5.41) is 0. The summed E-state index contributed by atoms with van der Waals surface area (Å²) in [7, 11) is 0. The molecule has 0 amide bonds. The molecule has 2 heterocycles. The van der Waals surface area contributed by atoms with E-state index in [-0.39, 0.29) is 5.41 Å². The first kappa shape index (κ1) is 38.6. The molecule has 4 heteroatoms. The summed E-state index contributed by atoms with van der Waals surface area (Å²) in [6.07, 6.45) is 3.63. The Morgan fingerprint density at radius 2 is 0.567 bits per heavy atom. The maximum Gasteiger partial charge on any atom is 0.164 e. The molecule has 1 spiro atoms. The Balaban J connectivity index is 0.846. The van der Waals surface area contributed by atoms with Gasteiger partial charge in [-0.1, -0.05) is 194 Å². The van der Waals surface area contributed by atoms with Crippen LogP contribution < -0.4 is 0 Å². The second kappa shape index (κ2) is 15.7. The Morgan fingerprint density at radius 1 is 0.224 bits per heavy atom. The molecule has 0 unspecified atom stereocenters. The number of aromatic nitrogens is 4. The summed E-state index contributed by atoms with van der Waals surface area (Å²) in [5.74, 6) is 1.88. The lowest BCUT2D eigenvalue weighted by molar-refractivity contribution is 0.794. The predicted octanol–water partition coefficient (Wildman–Crippen LogP) is 15.3. The summed E-state index contributed by atoms with van der Waals surface area (Å²) >= 11 is 0. The molecule has 312 valence electrons. The summed E-state index contributed by atoms with van der Waals surface area (Å²) in [4.78, 5) is 19.3. The summed E-state index contributed by atoms with van der Waals surface area (Å²) in [6, 6.07) is 82.9. The molecule has 2 aliphatic rings. The third-order valence-corrected chi connectivity index (χ3v) is 13.7. The number of nitrogens with zero attached hydrogens (tertiary/aromatic N) is 4. The zero-order chi connectivity index (χ0) is 44.3. The number of hydrogen-bond acceptors (Lipinski definition) is 4. The lowest BCUT2D eigenvalue weighted by Crippen LogP contribution is -2.25. The number of fused-ring (bicyclic) bond motifs is 10. The number of hydrogen-bond donors (Lipinski definition) is 0. The zero-order valence-electron chi connectivity index (χ0n) is 36.4. The maximum atomic E-state index is 5.08. The maximum absolute atomic E-state index is 5.08. The average molecular weight is 853 g/mol. The molecule has 2 aliphatic carbocycles. The van der Waals surface area contributed by atoms with Crippen LogP contribution in [0.1, 0.15) is 22.3 Å². The van der Waals surface area contributed by atoms with Crippen molar-refractivity contribution in [1.82, 2.24) is 19.9 Å². The summed E-state index contributed by atoms with van der Waals surface area (Å²) < 4.78 is 0. The highest BCUT2D eigenvalue weighted by Gasteiger charge is 2.51. The Labute approximate surface area is 389 Å². The zero-order valence-corrected chi connectivity index (χ0v) is 36.4. The molecule has 0 saturated heterocycles. The molecule has 0 fully saturated rings.